The van der Waals surface area contributed by atoms with Gasteiger partial charge in [0.1, 0.15) is 6.04 Å². The second-order valence-corrected chi connectivity index (χ2v) is 6.58. The molecule has 1 aliphatic heterocycles. The van der Waals surface area contributed by atoms with Crippen molar-refractivity contribution in [3.63, 3.8) is 0 Å². The fourth-order valence-corrected chi connectivity index (χ4v) is 3.29. The zero-order chi connectivity index (χ0) is 17.4. The first-order valence-corrected chi connectivity index (χ1v) is 8.14. The van der Waals surface area contributed by atoms with Crippen LogP contribution in [0.3, 0.4) is 0 Å². The van der Waals surface area contributed by atoms with Crippen molar-refractivity contribution in [1.82, 2.24) is 0 Å². The molecule has 0 radical (unpaired) electrons. The molecule has 1 saturated heterocycles. The Morgan fingerprint density at radius 2 is 1.50 bits per heavy atom. The summed E-state index contributed by atoms with van der Waals surface area (Å²) in [5.74, 6) is -0.355. The van der Waals surface area contributed by atoms with E-state index in [1.54, 1.807) is 0 Å². The largest absolute Gasteiger partial charge is 0.373 e. The molecule has 4 heteroatoms. The van der Waals surface area contributed by atoms with Gasteiger partial charge >= 0.3 is 0 Å². The van der Waals surface area contributed by atoms with Crippen LogP contribution in [0.2, 0.25) is 0 Å². The minimum atomic E-state index is -0.515. The van der Waals surface area contributed by atoms with Gasteiger partial charge in [-0.3, -0.25) is 9.59 Å². The Labute approximate surface area is 142 Å². The minimum Gasteiger partial charge on any atom is -0.373 e. The van der Waals surface area contributed by atoms with Crippen LogP contribution in [-0.2, 0) is 9.59 Å². The molecule has 1 unspecified atom stereocenters. The number of imide groups is 1. The van der Waals surface area contributed by atoms with Gasteiger partial charge in [-0.2, -0.15) is 0 Å². The number of carbonyl (C=O) groups is 2. The summed E-state index contributed by atoms with van der Waals surface area (Å²) in [5, 5.41) is 3.28. The number of benzene rings is 2. The van der Waals surface area contributed by atoms with E-state index in [9.17, 15) is 9.59 Å². The molecule has 1 heterocycles. The van der Waals surface area contributed by atoms with Crippen molar-refractivity contribution in [2.75, 3.05) is 10.2 Å². The predicted octanol–water partition coefficient (Wildman–Crippen LogP) is 3.66. The van der Waals surface area contributed by atoms with E-state index in [0.717, 1.165) is 22.4 Å². The Morgan fingerprint density at radius 1 is 0.917 bits per heavy atom. The van der Waals surface area contributed by atoms with Crippen molar-refractivity contribution >= 4 is 23.2 Å². The van der Waals surface area contributed by atoms with Crippen molar-refractivity contribution in [2.24, 2.45) is 0 Å². The van der Waals surface area contributed by atoms with Gasteiger partial charge in [-0.25, -0.2) is 4.90 Å². The smallest absolute Gasteiger partial charge is 0.256 e. The molecule has 0 aliphatic carbocycles. The van der Waals surface area contributed by atoms with E-state index < -0.39 is 6.04 Å². The fraction of sp³-hybridized carbons (Fsp3) is 0.300. The second kappa shape index (κ2) is 6.11. The summed E-state index contributed by atoms with van der Waals surface area (Å²) in [5.41, 5.74) is 6.03. The number of amides is 2. The first kappa shape index (κ1) is 16.2. The molecule has 3 rings (SSSR count). The molecule has 4 nitrogen and oxygen atoms in total. The van der Waals surface area contributed by atoms with Gasteiger partial charge in [0.2, 0.25) is 5.91 Å². The molecule has 0 saturated carbocycles. The molecular weight excluding hydrogens is 300 g/mol. The summed E-state index contributed by atoms with van der Waals surface area (Å²) in [7, 11) is 0. The predicted molar refractivity (Wildman–Crippen MR) is 96.4 cm³/mol. The van der Waals surface area contributed by atoms with Gasteiger partial charge in [-0.1, -0.05) is 35.4 Å². The third kappa shape index (κ3) is 2.92. The number of nitrogens with zero attached hydrogens (tertiary/aromatic N) is 1. The lowest BCUT2D eigenvalue weighted by molar-refractivity contribution is -0.121. The number of hydrogen-bond acceptors (Lipinski definition) is 3. The Bertz CT molecular complexity index is 786. The monoisotopic (exact) mass is 322 g/mol. The highest BCUT2D eigenvalue weighted by Crippen LogP contribution is 2.28. The van der Waals surface area contributed by atoms with E-state index in [4.69, 9.17) is 0 Å². The van der Waals surface area contributed by atoms with E-state index in [-0.39, 0.29) is 18.2 Å². The summed E-state index contributed by atoms with van der Waals surface area (Å²) in [6.45, 7) is 8.06. The number of hydrogen-bond donors (Lipinski definition) is 1. The average molecular weight is 322 g/mol. The van der Waals surface area contributed by atoms with E-state index in [2.05, 4.69) is 17.4 Å². The van der Waals surface area contributed by atoms with Crippen molar-refractivity contribution in [1.29, 1.82) is 0 Å². The lowest BCUT2D eigenvalue weighted by atomic mass is 10.0. The third-order valence-electron chi connectivity index (χ3n) is 4.43. The highest BCUT2D eigenvalue weighted by Gasteiger charge is 2.39. The zero-order valence-electron chi connectivity index (χ0n) is 14.5. The van der Waals surface area contributed by atoms with Crippen LogP contribution in [0.1, 0.15) is 28.7 Å². The molecule has 0 bridgehead atoms. The van der Waals surface area contributed by atoms with Gasteiger partial charge in [0, 0.05) is 5.69 Å². The topological polar surface area (TPSA) is 49.4 Å². The number of nitrogens with one attached hydrogen (secondary N) is 1. The first-order chi connectivity index (χ1) is 11.4. The summed E-state index contributed by atoms with van der Waals surface area (Å²) in [6.07, 6.45) is 0.180. The van der Waals surface area contributed by atoms with Gasteiger partial charge in [0.15, 0.2) is 0 Å². The van der Waals surface area contributed by atoms with E-state index in [1.807, 2.05) is 52.0 Å². The van der Waals surface area contributed by atoms with E-state index in [0.29, 0.717) is 5.69 Å². The highest BCUT2D eigenvalue weighted by molar-refractivity contribution is 6.23. The quantitative estimate of drug-likeness (QED) is 0.877. The summed E-state index contributed by atoms with van der Waals surface area (Å²) in [6, 6.07) is 11.1. The van der Waals surface area contributed by atoms with Crippen LogP contribution in [0.4, 0.5) is 11.4 Å². The lowest BCUT2D eigenvalue weighted by Gasteiger charge is -2.19. The fourth-order valence-electron chi connectivity index (χ4n) is 3.29. The Kier molecular flexibility index (Phi) is 4.14. The minimum absolute atomic E-state index is 0.163. The Morgan fingerprint density at radius 3 is 2.08 bits per heavy atom. The van der Waals surface area contributed by atoms with Crippen molar-refractivity contribution in [2.45, 2.75) is 40.2 Å². The molecule has 1 atom stereocenters. The molecule has 1 aliphatic rings. The summed E-state index contributed by atoms with van der Waals surface area (Å²) >= 11 is 0. The van der Waals surface area contributed by atoms with Crippen LogP contribution < -0.4 is 10.2 Å². The van der Waals surface area contributed by atoms with Crippen LogP contribution in [0.25, 0.3) is 0 Å². The number of carbonyl (C=O) groups excluding carboxylic acids is 2. The third-order valence-corrected chi connectivity index (χ3v) is 4.43. The summed E-state index contributed by atoms with van der Waals surface area (Å²) < 4.78 is 0. The molecule has 0 aromatic heterocycles. The van der Waals surface area contributed by atoms with E-state index in [1.165, 1.54) is 10.5 Å². The maximum Gasteiger partial charge on any atom is 0.256 e. The van der Waals surface area contributed by atoms with Gasteiger partial charge in [-0.05, 0) is 51.0 Å². The van der Waals surface area contributed by atoms with Crippen molar-refractivity contribution in [3.05, 3.63) is 58.7 Å². The average Bonchev–Trinajstić information content (AvgIpc) is 2.78. The van der Waals surface area contributed by atoms with Crippen molar-refractivity contribution in [3.8, 4) is 0 Å². The lowest BCUT2D eigenvalue weighted by Crippen LogP contribution is -2.35. The van der Waals surface area contributed by atoms with Gasteiger partial charge in [0.25, 0.3) is 5.91 Å². The van der Waals surface area contributed by atoms with Gasteiger partial charge < -0.3 is 5.32 Å². The van der Waals surface area contributed by atoms with Crippen LogP contribution in [-0.4, -0.2) is 17.9 Å². The number of aryl methyl sites for hydroxylation is 4. The summed E-state index contributed by atoms with van der Waals surface area (Å²) in [4.78, 5) is 26.4. The highest BCUT2D eigenvalue weighted by atomic mass is 16.2. The number of anilines is 2. The maximum atomic E-state index is 12.7. The first-order valence-electron chi connectivity index (χ1n) is 8.14. The molecule has 2 amide bonds. The van der Waals surface area contributed by atoms with Crippen molar-refractivity contribution < 1.29 is 9.59 Å². The second-order valence-electron chi connectivity index (χ2n) is 6.58. The number of rotatable bonds is 3. The Hall–Kier alpha value is -2.62. The Balaban J connectivity index is 1.86. The van der Waals surface area contributed by atoms with Crippen LogP contribution in [0.15, 0.2) is 36.4 Å². The standard InChI is InChI=1S/C20H22N2O2/c1-12-5-7-16(8-6-12)22-18(23)11-17(20(22)24)21-19-14(3)9-13(2)10-15(19)4/h5-10,17,21H,11H2,1-4H3. The molecule has 1 N–H and O–H groups in total. The van der Waals surface area contributed by atoms with Gasteiger partial charge in [-0.15, -0.1) is 0 Å². The molecule has 2 aromatic rings. The normalized spacial score (nSPS) is 17.5. The van der Waals surface area contributed by atoms with Gasteiger partial charge in [0.05, 0.1) is 12.1 Å². The van der Waals surface area contributed by atoms with Crippen LogP contribution in [0, 0.1) is 27.7 Å². The molecule has 1 fully saturated rings. The van der Waals surface area contributed by atoms with E-state index >= 15 is 0 Å². The molecule has 124 valence electrons. The van der Waals surface area contributed by atoms with Crippen LogP contribution >= 0.6 is 0 Å². The zero-order valence-corrected chi connectivity index (χ0v) is 14.5. The molecule has 0 spiro atoms. The molecular formula is C20H22N2O2. The molecule has 24 heavy (non-hydrogen) atoms. The maximum absolute atomic E-state index is 12.7. The van der Waals surface area contributed by atoms with Crippen LogP contribution in [0.5, 0.6) is 0 Å². The molecule has 2 aromatic carbocycles. The SMILES string of the molecule is Cc1ccc(N2C(=O)CC(Nc3c(C)cc(C)cc3C)C2=O)cc1.